The Morgan fingerprint density at radius 1 is 1.37 bits per heavy atom. The first-order valence-corrected chi connectivity index (χ1v) is 6.47. The number of likely N-dealkylation sites (tertiary alicyclic amines) is 1. The zero-order valence-corrected chi connectivity index (χ0v) is 10.6. The molecule has 1 unspecified atom stereocenters. The smallest absolute Gasteiger partial charge is 0.407 e. The number of carbonyl (C=O) groups is 1. The van der Waals surface area contributed by atoms with E-state index in [9.17, 15) is 4.79 Å². The molecule has 1 atom stereocenters. The first kappa shape index (κ1) is 12.0. The standard InChI is InChI=1S/C14H16N2O3/c17-13(18)16-8-4-7-14(10-16)9-12(15-19-14)11-5-2-1-3-6-11/h1-3,5-6H,4,7-10H2,(H,17,18). The SMILES string of the molecule is O=C(O)N1CCCC2(CC(c3ccccc3)=NO2)C1. The Hall–Kier alpha value is -2.04. The van der Waals surface area contributed by atoms with Gasteiger partial charge in [0.2, 0.25) is 0 Å². The van der Waals surface area contributed by atoms with Crippen LogP contribution in [0.15, 0.2) is 35.5 Å². The van der Waals surface area contributed by atoms with E-state index in [4.69, 9.17) is 9.94 Å². The van der Waals surface area contributed by atoms with Crippen LogP contribution in [0.1, 0.15) is 24.8 Å². The van der Waals surface area contributed by atoms with Gasteiger partial charge in [0.05, 0.1) is 12.3 Å². The second-order valence-electron chi connectivity index (χ2n) is 5.16. The number of piperidine rings is 1. The Kier molecular flexibility index (Phi) is 2.89. The Bertz CT molecular complexity index is 515. The van der Waals surface area contributed by atoms with Gasteiger partial charge >= 0.3 is 6.09 Å². The highest BCUT2D eigenvalue weighted by molar-refractivity contribution is 6.01. The molecule has 0 aromatic heterocycles. The molecular weight excluding hydrogens is 244 g/mol. The molecule has 0 radical (unpaired) electrons. The summed E-state index contributed by atoms with van der Waals surface area (Å²) in [7, 11) is 0. The van der Waals surface area contributed by atoms with Crippen LogP contribution in [0.25, 0.3) is 0 Å². The predicted octanol–water partition coefficient (Wildman–Crippen LogP) is 2.32. The van der Waals surface area contributed by atoms with Crippen LogP contribution in [-0.4, -0.2) is 40.5 Å². The molecule has 19 heavy (non-hydrogen) atoms. The van der Waals surface area contributed by atoms with Crippen LogP contribution < -0.4 is 0 Å². The van der Waals surface area contributed by atoms with Crippen molar-refractivity contribution in [3.05, 3.63) is 35.9 Å². The number of oxime groups is 1. The second-order valence-corrected chi connectivity index (χ2v) is 5.16. The lowest BCUT2D eigenvalue weighted by molar-refractivity contribution is -0.0631. The number of hydrogen-bond acceptors (Lipinski definition) is 3. The topological polar surface area (TPSA) is 62.1 Å². The molecule has 0 saturated carbocycles. The Morgan fingerprint density at radius 2 is 2.16 bits per heavy atom. The minimum atomic E-state index is -0.879. The van der Waals surface area contributed by atoms with Gasteiger partial charge in [-0.2, -0.15) is 0 Å². The first-order chi connectivity index (χ1) is 9.19. The molecular formula is C14H16N2O3. The Balaban J connectivity index is 1.74. The molecule has 1 N–H and O–H groups in total. The number of nitrogens with zero attached hydrogens (tertiary/aromatic N) is 2. The van der Waals surface area contributed by atoms with Crippen molar-refractivity contribution in [2.45, 2.75) is 24.9 Å². The van der Waals surface area contributed by atoms with Crippen molar-refractivity contribution in [3.8, 4) is 0 Å². The monoisotopic (exact) mass is 260 g/mol. The molecule has 2 aliphatic rings. The van der Waals surface area contributed by atoms with Crippen molar-refractivity contribution >= 4 is 11.8 Å². The van der Waals surface area contributed by atoms with Gasteiger partial charge in [-0.25, -0.2) is 4.79 Å². The molecule has 1 spiro atoms. The van der Waals surface area contributed by atoms with E-state index in [-0.39, 0.29) is 0 Å². The molecule has 100 valence electrons. The van der Waals surface area contributed by atoms with E-state index in [0.29, 0.717) is 19.5 Å². The molecule has 0 bridgehead atoms. The first-order valence-electron chi connectivity index (χ1n) is 6.47. The van der Waals surface area contributed by atoms with Gasteiger partial charge in [-0.3, -0.25) is 0 Å². The van der Waals surface area contributed by atoms with Gasteiger partial charge in [0.1, 0.15) is 0 Å². The highest BCUT2D eigenvalue weighted by Crippen LogP contribution is 2.34. The number of rotatable bonds is 1. The molecule has 5 heteroatoms. The van der Waals surface area contributed by atoms with Crippen LogP contribution in [0.5, 0.6) is 0 Å². The third-order valence-electron chi connectivity index (χ3n) is 3.76. The van der Waals surface area contributed by atoms with Gasteiger partial charge in [0, 0.05) is 13.0 Å². The molecule has 1 aromatic carbocycles. The van der Waals surface area contributed by atoms with Crippen molar-refractivity contribution in [1.29, 1.82) is 0 Å². The lowest BCUT2D eigenvalue weighted by Gasteiger charge is -2.36. The summed E-state index contributed by atoms with van der Waals surface area (Å²) in [5.74, 6) is 0. The molecule has 3 rings (SSSR count). The van der Waals surface area contributed by atoms with Gasteiger partial charge in [-0.05, 0) is 18.4 Å². The summed E-state index contributed by atoms with van der Waals surface area (Å²) in [6, 6.07) is 9.89. The fourth-order valence-corrected chi connectivity index (χ4v) is 2.79. The van der Waals surface area contributed by atoms with Crippen molar-refractivity contribution in [2.75, 3.05) is 13.1 Å². The average Bonchev–Trinajstić information content (AvgIpc) is 2.83. The largest absolute Gasteiger partial charge is 0.465 e. The summed E-state index contributed by atoms with van der Waals surface area (Å²) < 4.78 is 0. The maximum Gasteiger partial charge on any atom is 0.407 e. The maximum atomic E-state index is 11.1. The van der Waals surface area contributed by atoms with Crippen LogP contribution in [0.4, 0.5) is 4.79 Å². The Morgan fingerprint density at radius 3 is 2.89 bits per heavy atom. The molecule has 5 nitrogen and oxygen atoms in total. The molecule has 1 amide bonds. The van der Waals surface area contributed by atoms with Crippen molar-refractivity contribution in [2.24, 2.45) is 5.16 Å². The summed E-state index contributed by atoms with van der Waals surface area (Å²) in [6.45, 7) is 0.989. The third-order valence-corrected chi connectivity index (χ3v) is 3.76. The van der Waals surface area contributed by atoms with E-state index in [1.165, 1.54) is 4.90 Å². The number of amides is 1. The van der Waals surface area contributed by atoms with Gasteiger partial charge in [-0.1, -0.05) is 35.5 Å². The van der Waals surface area contributed by atoms with Gasteiger partial charge < -0.3 is 14.8 Å². The van der Waals surface area contributed by atoms with E-state index in [0.717, 1.165) is 24.1 Å². The van der Waals surface area contributed by atoms with Gasteiger partial charge in [0.25, 0.3) is 0 Å². The predicted molar refractivity (Wildman–Crippen MR) is 70.2 cm³/mol. The number of carboxylic acid groups (broad SMARTS) is 1. The van der Waals surface area contributed by atoms with E-state index in [1.807, 2.05) is 30.3 Å². The summed E-state index contributed by atoms with van der Waals surface area (Å²) in [5, 5.41) is 13.3. The lowest BCUT2D eigenvalue weighted by atomic mass is 9.87. The van der Waals surface area contributed by atoms with E-state index in [1.54, 1.807) is 0 Å². The highest BCUT2D eigenvalue weighted by Gasteiger charge is 2.44. The van der Waals surface area contributed by atoms with E-state index in [2.05, 4.69) is 5.16 Å². The van der Waals surface area contributed by atoms with Crippen LogP contribution in [0.3, 0.4) is 0 Å². The van der Waals surface area contributed by atoms with Crippen molar-refractivity contribution < 1.29 is 14.7 Å². The number of hydrogen-bond donors (Lipinski definition) is 1. The van der Waals surface area contributed by atoms with Crippen LogP contribution >= 0.6 is 0 Å². The normalized spacial score (nSPS) is 26.1. The molecule has 2 aliphatic heterocycles. The minimum absolute atomic E-state index is 0.405. The van der Waals surface area contributed by atoms with Crippen LogP contribution in [0.2, 0.25) is 0 Å². The van der Waals surface area contributed by atoms with Crippen molar-refractivity contribution in [3.63, 3.8) is 0 Å². The second kappa shape index (κ2) is 4.57. The average molecular weight is 260 g/mol. The Labute approximate surface area is 111 Å². The quantitative estimate of drug-likeness (QED) is 0.843. The summed E-state index contributed by atoms with van der Waals surface area (Å²) >= 11 is 0. The highest BCUT2D eigenvalue weighted by atomic mass is 16.7. The zero-order chi connectivity index (χ0) is 13.3. The molecule has 0 aliphatic carbocycles. The fraction of sp³-hybridized carbons (Fsp3) is 0.429. The molecule has 1 saturated heterocycles. The van der Waals surface area contributed by atoms with Crippen LogP contribution in [0, 0.1) is 0 Å². The van der Waals surface area contributed by atoms with Crippen LogP contribution in [-0.2, 0) is 4.84 Å². The van der Waals surface area contributed by atoms with E-state index < -0.39 is 11.7 Å². The molecule has 1 aromatic rings. The molecule has 1 fully saturated rings. The van der Waals surface area contributed by atoms with Gasteiger partial charge in [0.15, 0.2) is 5.60 Å². The summed E-state index contributed by atoms with van der Waals surface area (Å²) in [6.07, 6.45) is 1.48. The summed E-state index contributed by atoms with van der Waals surface area (Å²) in [5.41, 5.74) is 1.50. The maximum absolute atomic E-state index is 11.1. The van der Waals surface area contributed by atoms with Gasteiger partial charge in [-0.15, -0.1) is 0 Å². The summed E-state index contributed by atoms with van der Waals surface area (Å²) in [4.78, 5) is 18.1. The third kappa shape index (κ3) is 2.28. The van der Waals surface area contributed by atoms with Crippen molar-refractivity contribution in [1.82, 2.24) is 4.90 Å². The zero-order valence-electron chi connectivity index (χ0n) is 10.6. The molecule has 2 heterocycles. The minimum Gasteiger partial charge on any atom is -0.465 e. The lowest BCUT2D eigenvalue weighted by Crippen LogP contribution is -2.50. The fourth-order valence-electron chi connectivity index (χ4n) is 2.79. The number of benzene rings is 1. The van der Waals surface area contributed by atoms with E-state index >= 15 is 0 Å².